The van der Waals surface area contributed by atoms with Crippen LogP contribution >= 0.6 is 35.8 Å². The summed E-state index contributed by atoms with van der Waals surface area (Å²) in [4.78, 5) is 16.6. The van der Waals surface area contributed by atoms with Crippen molar-refractivity contribution in [3.8, 4) is 11.1 Å². The lowest BCUT2D eigenvalue weighted by molar-refractivity contribution is -0.0436. The number of piperidine rings is 1. The molecule has 3 atom stereocenters. The van der Waals surface area contributed by atoms with Crippen LogP contribution in [0.5, 0.6) is 0 Å². The van der Waals surface area contributed by atoms with E-state index in [0.717, 1.165) is 39.4 Å². The van der Waals surface area contributed by atoms with Gasteiger partial charge < -0.3 is 19.8 Å². The molecule has 5 aromatic carbocycles. The van der Waals surface area contributed by atoms with Crippen LogP contribution in [-0.2, 0) is 30.8 Å². The summed E-state index contributed by atoms with van der Waals surface area (Å²) >= 11 is 7.57. The van der Waals surface area contributed by atoms with E-state index in [1.54, 1.807) is 12.1 Å². The molecular formula is C49H53Cl2F3N2O8S3. The van der Waals surface area contributed by atoms with E-state index in [2.05, 4.69) is 4.90 Å². The molecule has 2 aliphatic heterocycles. The Morgan fingerprint density at radius 3 is 2.21 bits per heavy atom. The topological polar surface area (TPSA) is 142 Å². The molecule has 0 aliphatic carbocycles. The fourth-order valence-corrected chi connectivity index (χ4v) is 12.2. The second-order valence-electron chi connectivity index (χ2n) is 16.7. The molecule has 5 aromatic rings. The van der Waals surface area contributed by atoms with Crippen molar-refractivity contribution in [2.75, 3.05) is 62.4 Å². The van der Waals surface area contributed by atoms with Gasteiger partial charge >= 0.3 is 5.51 Å². The number of aliphatic hydroxyl groups is 2. The zero-order valence-corrected chi connectivity index (χ0v) is 40.5. The third-order valence-corrected chi connectivity index (χ3v) is 17.1. The average molecular weight is 1020 g/mol. The van der Waals surface area contributed by atoms with Crippen LogP contribution in [0.4, 0.5) is 18.9 Å². The minimum absolute atomic E-state index is 0. The number of aliphatic hydroxyl groups excluding tert-OH is 2. The molecule has 0 saturated carbocycles. The highest BCUT2D eigenvalue weighted by Crippen LogP contribution is 2.39. The molecule has 0 spiro atoms. The molecule has 67 heavy (non-hydrogen) atoms. The molecule has 0 amide bonds. The lowest BCUT2D eigenvalue weighted by Gasteiger charge is -2.36. The highest BCUT2D eigenvalue weighted by atomic mass is 35.5. The maximum absolute atomic E-state index is 14.3. The summed E-state index contributed by atoms with van der Waals surface area (Å²) in [6.45, 7) is 2.89. The van der Waals surface area contributed by atoms with Crippen molar-refractivity contribution >= 4 is 66.9 Å². The molecule has 10 nitrogen and oxygen atoms in total. The molecular weight excluding hydrogens is 969 g/mol. The van der Waals surface area contributed by atoms with E-state index in [1.165, 1.54) is 23.9 Å². The van der Waals surface area contributed by atoms with Crippen LogP contribution in [0.1, 0.15) is 46.9 Å². The van der Waals surface area contributed by atoms with Gasteiger partial charge in [-0.3, -0.25) is 9.69 Å². The highest BCUT2D eigenvalue weighted by molar-refractivity contribution is 7.99. The standard InChI is InChI=1S/C49H52ClF3N2O8S3.ClH/c50-39-15-10-35(11-16-39)44-8-4-5-9-45(44)48(58)37-21-24-54(25-22-37)40-17-12-36(13-18-40)46(57)33-65(59,60)43-19-14-38(47(29-43)66(61,62)49(51,52)53)28-34(32-64-42-6-2-1-3-7-42)20-23-55-26-27-63-31-41(55)30-56;/h1-19,29,34,37,41,48,56,58H,20-28,30-33H2;1H/t34-,41-,48+;/m0./s1. The summed E-state index contributed by atoms with van der Waals surface area (Å²) in [7, 11) is -10.6. The van der Waals surface area contributed by atoms with Gasteiger partial charge in [0.25, 0.3) is 9.84 Å². The van der Waals surface area contributed by atoms with Gasteiger partial charge in [0.2, 0.25) is 0 Å². The third-order valence-electron chi connectivity index (χ3n) is 12.4. The number of thioether (sulfide) groups is 1. The molecule has 2 heterocycles. The fourth-order valence-electron chi connectivity index (χ4n) is 8.63. The molecule has 0 unspecified atom stereocenters. The van der Waals surface area contributed by atoms with E-state index in [-0.39, 0.29) is 54.4 Å². The van der Waals surface area contributed by atoms with Crippen LogP contribution < -0.4 is 4.90 Å². The van der Waals surface area contributed by atoms with E-state index >= 15 is 0 Å². The number of morpholine rings is 1. The molecule has 18 heteroatoms. The summed E-state index contributed by atoms with van der Waals surface area (Å²) < 4.78 is 102. The largest absolute Gasteiger partial charge is 0.501 e. The minimum Gasteiger partial charge on any atom is -0.395 e. The molecule has 0 aromatic heterocycles. The number of benzene rings is 5. The Morgan fingerprint density at radius 1 is 0.866 bits per heavy atom. The summed E-state index contributed by atoms with van der Waals surface area (Å²) in [6.07, 6.45) is 1.01. The number of ketones is 1. The molecule has 2 aliphatic rings. The Balaban J connectivity index is 0.00000741. The molecule has 2 N–H and O–H groups in total. The number of ether oxygens (including phenoxy) is 1. The summed E-state index contributed by atoms with van der Waals surface area (Å²) in [5, 5.41) is 22.0. The van der Waals surface area contributed by atoms with Gasteiger partial charge in [-0.25, -0.2) is 16.8 Å². The summed E-state index contributed by atoms with van der Waals surface area (Å²) in [6, 6.07) is 33.4. The predicted molar refractivity (Wildman–Crippen MR) is 259 cm³/mol. The van der Waals surface area contributed by atoms with E-state index in [1.807, 2.05) is 83.8 Å². The number of alkyl halides is 3. The molecule has 360 valence electrons. The van der Waals surface area contributed by atoms with E-state index in [4.69, 9.17) is 16.3 Å². The number of rotatable bonds is 18. The Bertz CT molecular complexity index is 2660. The lowest BCUT2D eigenvalue weighted by atomic mass is 9.84. The number of hydrogen-bond donors (Lipinski definition) is 2. The van der Waals surface area contributed by atoms with Gasteiger partial charge in [0, 0.05) is 46.6 Å². The Labute approximate surface area is 405 Å². The number of Topliss-reactive ketones (excluding diaryl/α,β-unsaturated/α-hetero) is 1. The van der Waals surface area contributed by atoms with Crippen molar-refractivity contribution in [2.45, 2.75) is 58.0 Å². The van der Waals surface area contributed by atoms with E-state index in [9.17, 15) is 45.0 Å². The van der Waals surface area contributed by atoms with Crippen molar-refractivity contribution in [3.05, 3.63) is 143 Å². The van der Waals surface area contributed by atoms with E-state index < -0.39 is 52.6 Å². The first-order chi connectivity index (χ1) is 31.5. The molecule has 2 saturated heterocycles. The molecule has 7 rings (SSSR count). The maximum Gasteiger partial charge on any atom is 0.501 e. The molecule has 2 fully saturated rings. The van der Waals surface area contributed by atoms with Gasteiger partial charge in [-0.2, -0.15) is 13.2 Å². The van der Waals surface area contributed by atoms with Crippen molar-refractivity contribution in [1.29, 1.82) is 0 Å². The van der Waals surface area contributed by atoms with E-state index in [0.29, 0.717) is 75.5 Å². The van der Waals surface area contributed by atoms with Gasteiger partial charge in [-0.15, -0.1) is 24.2 Å². The normalized spacial score (nSPS) is 17.4. The van der Waals surface area contributed by atoms with Gasteiger partial charge in [0.05, 0.1) is 41.8 Å². The van der Waals surface area contributed by atoms with Crippen molar-refractivity contribution in [1.82, 2.24) is 4.90 Å². The Morgan fingerprint density at radius 2 is 1.54 bits per heavy atom. The number of anilines is 1. The second-order valence-corrected chi connectivity index (χ2v) is 22.2. The maximum atomic E-state index is 14.3. The van der Waals surface area contributed by atoms with Gasteiger partial charge in [-0.05, 0) is 127 Å². The van der Waals surface area contributed by atoms with Crippen molar-refractivity contribution < 1.29 is 49.8 Å². The summed E-state index contributed by atoms with van der Waals surface area (Å²) in [5.74, 6) is -1.86. The number of sulfone groups is 2. The van der Waals surface area contributed by atoms with Gasteiger partial charge in [-0.1, -0.05) is 72.3 Å². The van der Waals surface area contributed by atoms with Crippen LogP contribution in [0.3, 0.4) is 0 Å². The SMILES string of the molecule is Cl.O=C(CS(=O)(=O)c1ccc(C[C@H](CCN2CCOC[C@@H]2CO)CSc2ccccc2)c(S(=O)(=O)C(F)(F)F)c1)c1ccc(N2CCC([C@@H](O)c3ccccc3-c3ccc(Cl)cc3)CC2)cc1. The second kappa shape index (κ2) is 23.1. The molecule has 0 radical (unpaired) electrons. The predicted octanol–water partition coefficient (Wildman–Crippen LogP) is 9.36. The number of hydrogen-bond acceptors (Lipinski definition) is 11. The first-order valence-corrected chi connectivity index (χ1v) is 26.2. The smallest absolute Gasteiger partial charge is 0.395 e. The number of carbonyl (C=O) groups excluding carboxylic acids is 1. The van der Waals surface area contributed by atoms with Crippen LogP contribution in [-0.4, -0.2) is 107 Å². The number of halogens is 5. The first kappa shape index (κ1) is 52.4. The van der Waals surface area contributed by atoms with Crippen LogP contribution in [0.15, 0.2) is 136 Å². The average Bonchev–Trinajstić information content (AvgIpc) is 3.32. The molecule has 0 bridgehead atoms. The zero-order valence-electron chi connectivity index (χ0n) is 36.4. The van der Waals surface area contributed by atoms with Gasteiger partial charge in [0.15, 0.2) is 15.6 Å². The lowest BCUT2D eigenvalue weighted by Crippen LogP contribution is -2.48. The first-order valence-electron chi connectivity index (χ1n) is 21.7. The van der Waals surface area contributed by atoms with Crippen LogP contribution in [0, 0.1) is 11.8 Å². The number of nitrogens with zero attached hydrogens (tertiary/aromatic N) is 2. The van der Waals surface area contributed by atoms with Crippen molar-refractivity contribution in [2.24, 2.45) is 11.8 Å². The zero-order chi connectivity index (χ0) is 47.1. The third kappa shape index (κ3) is 13.0. The monoisotopic (exact) mass is 1020 g/mol. The quantitative estimate of drug-likeness (QED) is 0.0641. The fraction of sp³-hybridized carbons (Fsp3) is 0.367. The van der Waals surface area contributed by atoms with Crippen molar-refractivity contribution in [3.63, 3.8) is 0 Å². The highest BCUT2D eigenvalue weighted by Gasteiger charge is 2.48. The summed E-state index contributed by atoms with van der Waals surface area (Å²) in [5.41, 5.74) is -2.34. The van der Waals surface area contributed by atoms with Crippen LogP contribution in [0.25, 0.3) is 11.1 Å². The Kier molecular flexibility index (Phi) is 18.1. The Hall–Kier alpha value is -3.97. The minimum atomic E-state index is -6.02. The van der Waals surface area contributed by atoms with Gasteiger partial charge in [0.1, 0.15) is 5.75 Å². The number of carbonyl (C=O) groups is 1. The van der Waals surface area contributed by atoms with Crippen LogP contribution in [0.2, 0.25) is 5.02 Å².